The van der Waals surface area contributed by atoms with Gasteiger partial charge in [0.25, 0.3) is 5.91 Å². The average Bonchev–Trinajstić information content (AvgIpc) is 2.67. The number of carbonyl (C=O) groups excluding carboxylic acids is 1. The van der Waals surface area contributed by atoms with Gasteiger partial charge in [-0.05, 0) is 31.2 Å². The fraction of sp³-hybridized carbons (Fsp3) is 0.545. The Hall–Kier alpha value is -1.45. The number of nitrogens with zero attached hydrogens (tertiary/aromatic N) is 1. The summed E-state index contributed by atoms with van der Waals surface area (Å²) >= 11 is 0. The normalized spacial score (nSPS) is 14.5. The van der Waals surface area contributed by atoms with Crippen molar-refractivity contribution in [3.05, 3.63) is 23.0 Å². The second-order valence-corrected chi connectivity index (χ2v) is 3.76. The van der Waals surface area contributed by atoms with Crippen LogP contribution >= 0.6 is 0 Å². The van der Waals surface area contributed by atoms with Crippen molar-refractivity contribution >= 4 is 5.91 Å². The van der Waals surface area contributed by atoms with Gasteiger partial charge in [-0.3, -0.25) is 4.79 Å². The van der Waals surface area contributed by atoms with Crippen LogP contribution < -0.4 is 10.2 Å². The van der Waals surface area contributed by atoms with Crippen LogP contribution in [0, 0.1) is 0 Å². The van der Waals surface area contributed by atoms with Crippen LogP contribution in [0.3, 0.4) is 0 Å². The van der Waals surface area contributed by atoms with Crippen LogP contribution in [0.1, 0.15) is 34.5 Å². The van der Waals surface area contributed by atoms with E-state index in [1.54, 1.807) is 25.1 Å². The third-order valence-corrected chi connectivity index (χ3v) is 2.94. The molecule has 82 valence electrons. The first-order valence-corrected chi connectivity index (χ1v) is 5.27. The van der Waals surface area contributed by atoms with E-state index in [1.807, 2.05) is 0 Å². The Balaban J connectivity index is 2.46. The molecule has 1 amide bonds. The molecule has 15 heavy (non-hydrogen) atoms. The molecule has 0 atom stereocenters. The van der Waals surface area contributed by atoms with E-state index in [0.29, 0.717) is 0 Å². The maximum atomic E-state index is 11.6. The van der Waals surface area contributed by atoms with Crippen molar-refractivity contribution in [2.45, 2.75) is 25.7 Å². The van der Waals surface area contributed by atoms with Gasteiger partial charge >= 0.3 is 0 Å². The third-order valence-electron chi connectivity index (χ3n) is 2.94. The molecule has 4 nitrogen and oxygen atoms in total. The number of carbonyl (C=O) groups is 1. The van der Waals surface area contributed by atoms with Gasteiger partial charge < -0.3 is 10.2 Å². The summed E-state index contributed by atoms with van der Waals surface area (Å²) in [5, 5.41) is 2.66. The second kappa shape index (κ2) is 3.96. The zero-order chi connectivity index (χ0) is 10.8. The maximum absolute atomic E-state index is 11.6. The molecule has 0 aliphatic heterocycles. The summed E-state index contributed by atoms with van der Waals surface area (Å²) in [5.41, 5.74) is 3.07. The lowest BCUT2D eigenvalue weighted by Crippen LogP contribution is -2.19. The number of hydrogen-bond acceptors (Lipinski definition) is 2. The zero-order valence-electron chi connectivity index (χ0n) is 9.17. The first-order valence-electron chi connectivity index (χ1n) is 5.27. The Morgan fingerprint density at radius 1 is 1.47 bits per heavy atom. The summed E-state index contributed by atoms with van der Waals surface area (Å²) in [6.07, 6.45) is 6.10. The lowest BCUT2D eigenvalue weighted by atomic mass is 9.95. The smallest absolute Gasteiger partial charge is 0.252 e. The van der Waals surface area contributed by atoms with Gasteiger partial charge in [-0.25, -0.2) is 0 Å². The van der Waals surface area contributed by atoms with Gasteiger partial charge in [-0.1, -0.05) is 0 Å². The van der Waals surface area contributed by atoms with Crippen LogP contribution in [0.15, 0.2) is 6.20 Å². The van der Waals surface area contributed by atoms with E-state index in [9.17, 15) is 4.79 Å². The highest BCUT2D eigenvalue weighted by atomic mass is 16.6. The largest absolute Gasteiger partial charge is 0.417 e. The minimum atomic E-state index is -0.0241. The minimum Gasteiger partial charge on any atom is -0.417 e. The quantitative estimate of drug-likeness (QED) is 0.780. The third kappa shape index (κ3) is 1.60. The molecule has 1 heterocycles. The predicted molar refractivity (Wildman–Crippen MR) is 57.0 cm³/mol. The minimum absolute atomic E-state index is 0.0241. The molecular formula is C11H16N2O2. The van der Waals surface area contributed by atoms with Crippen LogP contribution in [0.2, 0.25) is 0 Å². The van der Waals surface area contributed by atoms with Gasteiger partial charge in [0, 0.05) is 7.05 Å². The van der Waals surface area contributed by atoms with E-state index in [1.165, 1.54) is 6.42 Å². The van der Waals surface area contributed by atoms with Crippen LogP contribution in [-0.2, 0) is 12.8 Å². The molecule has 0 radical (unpaired) electrons. The Morgan fingerprint density at radius 2 is 2.20 bits per heavy atom. The van der Waals surface area contributed by atoms with Crippen molar-refractivity contribution in [3.8, 4) is 0 Å². The van der Waals surface area contributed by atoms with Crippen molar-refractivity contribution in [2.75, 3.05) is 14.2 Å². The molecular weight excluding hydrogens is 192 g/mol. The highest BCUT2D eigenvalue weighted by Gasteiger charge is 2.22. The number of hydrogen-bond donors (Lipinski definition) is 1. The van der Waals surface area contributed by atoms with E-state index in [2.05, 4.69) is 5.32 Å². The van der Waals surface area contributed by atoms with Crippen LogP contribution in [0.25, 0.3) is 0 Å². The molecule has 0 saturated carbocycles. The summed E-state index contributed by atoms with van der Waals surface area (Å²) in [4.78, 5) is 16.9. The number of nitrogens with one attached hydrogen (secondary N) is 1. The number of rotatable bonds is 2. The molecule has 0 fully saturated rings. The molecule has 1 aliphatic rings. The summed E-state index contributed by atoms with van der Waals surface area (Å²) in [7, 11) is 3.28. The van der Waals surface area contributed by atoms with Gasteiger partial charge in [0.15, 0.2) is 0 Å². The number of fused-ring (bicyclic) bond motifs is 1. The SMILES string of the molecule is CNC(=O)c1cn(OC)c2c1CCCC2. The van der Waals surface area contributed by atoms with Crippen molar-refractivity contribution in [2.24, 2.45) is 0 Å². The van der Waals surface area contributed by atoms with E-state index >= 15 is 0 Å². The predicted octanol–water partition coefficient (Wildman–Crippen LogP) is 0.785. The van der Waals surface area contributed by atoms with Crippen molar-refractivity contribution in [1.82, 2.24) is 10.0 Å². The van der Waals surface area contributed by atoms with Crippen molar-refractivity contribution in [1.29, 1.82) is 0 Å². The Kier molecular flexibility index (Phi) is 2.66. The van der Waals surface area contributed by atoms with E-state index in [4.69, 9.17) is 4.84 Å². The van der Waals surface area contributed by atoms with E-state index < -0.39 is 0 Å². The Bertz CT molecular complexity index is 382. The highest BCUT2D eigenvalue weighted by molar-refractivity contribution is 5.95. The van der Waals surface area contributed by atoms with E-state index in [0.717, 1.165) is 36.1 Å². The van der Waals surface area contributed by atoms with Gasteiger partial charge in [-0.2, -0.15) is 4.73 Å². The molecule has 2 rings (SSSR count). The molecule has 4 heteroatoms. The van der Waals surface area contributed by atoms with Crippen molar-refractivity contribution < 1.29 is 9.63 Å². The fourth-order valence-corrected chi connectivity index (χ4v) is 2.19. The van der Waals surface area contributed by atoms with Crippen LogP contribution in [0.4, 0.5) is 0 Å². The molecule has 1 aliphatic carbocycles. The molecule has 0 spiro atoms. The Labute approximate surface area is 89.2 Å². The highest BCUT2D eigenvalue weighted by Crippen LogP contribution is 2.25. The van der Waals surface area contributed by atoms with Crippen LogP contribution in [0.5, 0.6) is 0 Å². The number of amides is 1. The lowest BCUT2D eigenvalue weighted by Gasteiger charge is -2.14. The standard InChI is InChI=1S/C11H16N2O2/c1-12-11(14)9-7-13(15-2)10-6-4-3-5-8(9)10/h7H,3-6H2,1-2H3,(H,12,14). The average molecular weight is 208 g/mol. The van der Waals surface area contributed by atoms with Gasteiger partial charge in [-0.15, -0.1) is 0 Å². The topological polar surface area (TPSA) is 43.3 Å². The molecule has 0 saturated heterocycles. The van der Waals surface area contributed by atoms with Gasteiger partial charge in [0.05, 0.1) is 17.5 Å². The maximum Gasteiger partial charge on any atom is 0.252 e. The first-order chi connectivity index (χ1) is 7.27. The summed E-state index contributed by atoms with van der Waals surface area (Å²) in [6, 6.07) is 0. The molecule has 1 N–H and O–H groups in total. The van der Waals surface area contributed by atoms with Gasteiger partial charge in [0.2, 0.25) is 0 Å². The lowest BCUT2D eigenvalue weighted by molar-refractivity contribution is 0.0960. The monoisotopic (exact) mass is 208 g/mol. The molecule has 0 unspecified atom stereocenters. The summed E-state index contributed by atoms with van der Waals surface area (Å²) in [5.74, 6) is -0.0241. The molecule has 1 aromatic heterocycles. The second-order valence-electron chi connectivity index (χ2n) is 3.76. The van der Waals surface area contributed by atoms with Crippen LogP contribution in [-0.4, -0.2) is 24.8 Å². The van der Waals surface area contributed by atoms with Gasteiger partial charge in [0.1, 0.15) is 7.11 Å². The first kappa shape index (κ1) is 10.1. The summed E-state index contributed by atoms with van der Waals surface area (Å²) < 4.78 is 1.72. The Morgan fingerprint density at radius 3 is 2.87 bits per heavy atom. The fourth-order valence-electron chi connectivity index (χ4n) is 2.19. The summed E-state index contributed by atoms with van der Waals surface area (Å²) in [6.45, 7) is 0. The molecule has 1 aromatic rings. The van der Waals surface area contributed by atoms with E-state index in [-0.39, 0.29) is 5.91 Å². The van der Waals surface area contributed by atoms with Crippen molar-refractivity contribution in [3.63, 3.8) is 0 Å². The molecule has 0 bridgehead atoms. The zero-order valence-corrected chi connectivity index (χ0v) is 9.17. The molecule has 0 aromatic carbocycles. The number of aromatic nitrogens is 1.